The van der Waals surface area contributed by atoms with E-state index < -0.39 is 11.4 Å². The summed E-state index contributed by atoms with van der Waals surface area (Å²) in [6.07, 6.45) is 6.71. The van der Waals surface area contributed by atoms with Gasteiger partial charge in [0.1, 0.15) is 0 Å². The molecule has 5 nitrogen and oxygen atoms in total. The summed E-state index contributed by atoms with van der Waals surface area (Å²) in [5, 5.41) is 15.2. The van der Waals surface area contributed by atoms with E-state index in [2.05, 4.69) is 24.5 Å². The number of nitrogens with one attached hydrogen (secondary N) is 2. The third kappa shape index (κ3) is 3.89. The highest BCUT2D eigenvalue weighted by atomic mass is 16.4. The molecule has 2 aliphatic rings. The summed E-state index contributed by atoms with van der Waals surface area (Å²) in [4.78, 5) is 23.5. The highest BCUT2D eigenvalue weighted by molar-refractivity contribution is 5.78. The number of carboxylic acid groups (broad SMARTS) is 1. The molecule has 0 aromatic rings. The number of carbonyl (C=O) groups excluding carboxylic acids is 1. The first-order valence-corrected chi connectivity index (χ1v) is 8.10. The summed E-state index contributed by atoms with van der Waals surface area (Å²) in [5.41, 5.74) is -0.535. The van der Waals surface area contributed by atoms with Crippen LogP contribution in [-0.2, 0) is 4.79 Å². The van der Waals surface area contributed by atoms with Crippen LogP contribution in [0.2, 0.25) is 0 Å². The molecular weight excluding hydrogens is 268 g/mol. The van der Waals surface area contributed by atoms with Gasteiger partial charge in [-0.05, 0) is 49.9 Å². The Bertz CT molecular complexity index is 396. The number of amides is 2. The van der Waals surface area contributed by atoms with Crippen LogP contribution < -0.4 is 10.6 Å². The van der Waals surface area contributed by atoms with Crippen LogP contribution >= 0.6 is 0 Å². The summed E-state index contributed by atoms with van der Waals surface area (Å²) in [6.45, 7) is 5.25. The van der Waals surface area contributed by atoms with E-state index in [1.54, 1.807) is 0 Å². The van der Waals surface area contributed by atoms with Crippen LogP contribution in [-0.4, -0.2) is 30.2 Å². The second-order valence-electron chi connectivity index (χ2n) is 7.47. The zero-order valence-electron chi connectivity index (χ0n) is 13.2. The number of aliphatic carboxylic acids is 1. The molecule has 0 aliphatic heterocycles. The lowest BCUT2D eigenvalue weighted by Crippen LogP contribution is -2.49. The third-order valence-corrected chi connectivity index (χ3v) is 5.51. The summed E-state index contributed by atoms with van der Waals surface area (Å²) in [7, 11) is 0. The fourth-order valence-electron chi connectivity index (χ4n) is 3.34. The smallest absolute Gasteiger partial charge is 0.314 e. The number of carbonyl (C=O) groups is 2. The number of rotatable bonds is 5. The highest BCUT2D eigenvalue weighted by Gasteiger charge is 2.41. The SMILES string of the molecule is CC1CCC(CNC(=O)NCC2(C)CCC2)(C(=O)O)CC1. The van der Waals surface area contributed by atoms with E-state index in [0.717, 1.165) is 25.7 Å². The van der Waals surface area contributed by atoms with Crippen molar-refractivity contribution in [3.63, 3.8) is 0 Å². The van der Waals surface area contributed by atoms with Crippen molar-refractivity contribution in [2.75, 3.05) is 13.1 Å². The Morgan fingerprint density at radius 2 is 1.67 bits per heavy atom. The Morgan fingerprint density at radius 3 is 2.14 bits per heavy atom. The van der Waals surface area contributed by atoms with Crippen LogP contribution in [0.15, 0.2) is 0 Å². The van der Waals surface area contributed by atoms with Crippen molar-refractivity contribution in [2.45, 2.75) is 58.8 Å². The van der Waals surface area contributed by atoms with Gasteiger partial charge in [0, 0.05) is 13.1 Å². The fraction of sp³-hybridized carbons (Fsp3) is 0.875. The molecule has 0 heterocycles. The molecular formula is C16H28N2O3. The molecule has 120 valence electrons. The average molecular weight is 296 g/mol. The first-order chi connectivity index (χ1) is 9.85. The molecule has 0 aromatic carbocycles. The van der Waals surface area contributed by atoms with E-state index in [1.807, 2.05) is 0 Å². The molecule has 0 atom stereocenters. The minimum atomic E-state index is -0.777. The topological polar surface area (TPSA) is 78.4 Å². The minimum absolute atomic E-state index is 0.234. The van der Waals surface area contributed by atoms with Crippen LogP contribution in [0.3, 0.4) is 0 Å². The molecule has 0 unspecified atom stereocenters. The molecule has 5 heteroatoms. The van der Waals surface area contributed by atoms with E-state index in [0.29, 0.717) is 25.3 Å². The van der Waals surface area contributed by atoms with E-state index in [1.165, 1.54) is 6.42 Å². The van der Waals surface area contributed by atoms with Gasteiger partial charge in [0.15, 0.2) is 0 Å². The monoisotopic (exact) mass is 296 g/mol. The van der Waals surface area contributed by atoms with Gasteiger partial charge in [-0.1, -0.05) is 20.3 Å². The molecule has 0 radical (unpaired) electrons. The Kier molecular flexibility index (Phi) is 4.79. The van der Waals surface area contributed by atoms with Crippen LogP contribution in [0.5, 0.6) is 0 Å². The van der Waals surface area contributed by atoms with Gasteiger partial charge in [-0.25, -0.2) is 4.79 Å². The molecule has 2 fully saturated rings. The zero-order valence-corrected chi connectivity index (χ0v) is 13.2. The van der Waals surface area contributed by atoms with Gasteiger partial charge in [0.25, 0.3) is 0 Å². The summed E-state index contributed by atoms with van der Waals surface area (Å²) >= 11 is 0. The van der Waals surface area contributed by atoms with Crippen molar-refractivity contribution in [2.24, 2.45) is 16.7 Å². The van der Waals surface area contributed by atoms with E-state index >= 15 is 0 Å². The maximum atomic E-state index is 11.9. The lowest BCUT2D eigenvalue weighted by molar-refractivity contribution is -0.151. The van der Waals surface area contributed by atoms with Crippen molar-refractivity contribution in [3.8, 4) is 0 Å². The van der Waals surface area contributed by atoms with Gasteiger partial charge in [0.05, 0.1) is 5.41 Å². The maximum Gasteiger partial charge on any atom is 0.314 e. The predicted molar refractivity (Wildman–Crippen MR) is 81.1 cm³/mol. The van der Waals surface area contributed by atoms with E-state index in [-0.39, 0.29) is 18.0 Å². The number of carboxylic acids is 1. The standard InChI is InChI=1S/C16H28N2O3/c1-12-4-8-16(9-5-12,13(19)20)11-18-14(21)17-10-15(2)6-3-7-15/h12H,3-11H2,1-2H3,(H,19,20)(H2,17,18,21). The summed E-state index contributed by atoms with van der Waals surface area (Å²) < 4.78 is 0. The second-order valence-corrected chi connectivity index (χ2v) is 7.47. The Morgan fingerprint density at radius 1 is 1.10 bits per heavy atom. The van der Waals surface area contributed by atoms with Crippen molar-refractivity contribution < 1.29 is 14.7 Å². The van der Waals surface area contributed by atoms with Gasteiger partial charge in [0.2, 0.25) is 0 Å². The molecule has 2 saturated carbocycles. The molecule has 0 bridgehead atoms. The third-order valence-electron chi connectivity index (χ3n) is 5.51. The maximum absolute atomic E-state index is 11.9. The first kappa shape index (κ1) is 16.1. The van der Waals surface area contributed by atoms with Crippen molar-refractivity contribution in [1.29, 1.82) is 0 Å². The van der Waals surface area contributed by atoms with Gasteiger partial charge in [-0.3, -0.25) is 4.79 Å². The average Bonchev–Trinajstić information content (AvgIpc) is 2.42. The quantitative estimate of drug-likeness (QED) is 0.730. The Balaban J connectivity index is 1.79. The van der Waals surface area contributed by atoms with Gasteiger partial charge >= 0.3 is 12.0 Å². The van der Waals surface area contributed by atoms with Crippen molar-refractivity contribution in [3.05, 3.63) is 0 Å². The van der Waals surface area contributed by atoms with Crippen molar-refractivity contribution in [1.82, 2.24) is 10.6 Å². The molecule has 3 N–H and O–H groups in total. The number of urea groups is 1. The number of hydrogen-bond donors (Lipinski definition) is 3. The highest BCUT2D eigenvalue weighted by Crippen LogP contribution is 2.40. The Hall–Kier alpha value is -1.26. The lowest BCUT2D eigenvalue weighted by Gasteiger charge is -2.39. The van der Waals surface area contributed by atoms with E-state index in [9.17, 15) is 14.7 Å². The second kappa shape index (κ2) is 6.24. The Labute approximate surface area is 126 Å². The zero-order chi connectivity index (χ0) is 15.5. The molecule has 2 amide bonds. The molecule has 21 heavy (non-hydrogen) atoms. The van der Waals surface area contributed by atoms with Crippen LogP contribution in [0.1, 0.15) is 58.8 Å². The minimum Gasteiger partial charge on any atom is -0.481 e. The molecule has 0 aromatic heterocycles. The first-order valence-electron chi connectivity index (χ1n) is 8.10. The molecule has 2 aliphatic carbocycles. The van der Waals surface area contributed by atoms with Gasteiger partial charge in [-0.2, -0.15) is 0 Å². The van der Waals surface area contributed by atoms with Gasteiger partial charge in [-0.15, -0.1) is 0 Å². The largest absolute Gasteiger partial charge is 0.481 e. The van der Waals surface area contributed by atoms with Gasteiger partial charge < -0.3 is 15.7 Å². The molecule has 2 rings (SSSR count). The normalized spacial score (nSPS) is 31.0. The van der Waals surface area contributed by atoms with Crippen LogP contribution in [0.25, 0.3) is 0 Å². The van der Waals surface area contributed by atoms with Crippen LogP contribution in [0, 0.1) is 16.7 Å². The fourth-order valence-corrected chi connectivity index (χ4v) is 3.34. The molecule has 0 spiro atoms. The van der Waals surface area contributed by atoms with E-state index in [4.69, 9.17) is 0 Å². The summed E-state index contributed by atoms with van der Waals surface area (Å²) in [6, 6.07) is -0.234. The predicted octanol–water partition coefficient (Wildman–Crippen LogP) is 2.76. The summed E-state index contributed by atoms with van der Waals surface area (Å²) in [5.74, 6) is -0.189. The van der Waals surface area contributed by atoms with Crippen LogP contribution in [0.4, 0.5) is 4.79 Å². The molecule has 0 saturated heterocycles. The number of hydrogen-bond acceptors (Lipinski definition) is 2. The van der Waals surface area contributed by atoms with Crippen molar-refractivity contribution >= 4 is 12.0 Å². The lowest BCUT2D eigenvalue weighted by atomic mass is 9.70.